The van der Waals surface area contributed by atoms with E-state index in [9.17, 15) is 25.2 Å². The molecule has 0 aromatic heterocycles. The van der Waals surface area contributed by atoms with Crippen molar-refractivity contribution in [3.63, 3.8) is 0 Å². The minimum Gasteiger partial charge on any atom is -0.390 e. The van der Waals surface area contributed by atoms with E-state index in [1.54, 1.807) is 0 Å². The number of carbonyl (C=O) groups is 1. The highest BCUT2D eigenvalue weighted by molar-refractivity contribution is 5.83. The maximum atomic E-state index is 13.3. The van der Waals surface area contributed by atoms with Gasteiger partial charge in [0.25, 0.3) is 0 Å². The molecule has 5 heteroatoms. The minimum atomic E-state index is -0.782. The first-order valence-corrected chi connectivity index (χ1v) is 13.6. The zero-order valence-corrected chi connectivity index (χ0v) is 21.6. The third-order valence-electron chi connectivity index (χ3n) is 11.7. The predicted octanol–water partition coefficient (Wildman–Crippen LogP) is 3.81. The van der Waals surface area contributed by atoms with Crippen LogP contribution < -0.4 is 0 Å². The molecule has 190 valence electrons. The smallest absolute Gasteiger partial charge is 0.136 e. The van der Waals surface area contributed by atoms with E-state index in [2.05, 4.69) is 34.6 Å². The van der Waals surface area contributed by atoms with E-state index in [4.69, 9.17) is 0 Å². The molecule has 3 unspecified atom stereocenters. The van der Waals surface area contributed by atoms with Gasteiger partial charge in [0.15, 0.2) is 0 Å². The van der Waals surface area contributed by atoms with Gasteiger partial charge in [-0.15, -0.1) is 0 Å². The van der Waals surface area contributed by atoms with Gasteiger partial charge < -0.3 is 20.4 Å². The number of hydrogen-bond acceptors (Lipinski definition) is 5. The largest absolute Gasteiger partial charge is 0.390 e. The Morgan fingerprint density at radius 1 is 0.879 bits per heavy atom. The summed E-state index contributed by atoms with van der Waals surface area (Å²) in [6.07, 6.45) is 2.80. The summed E-state index contributed by atoms with van der Waals surface area (Å²) in [6, 6.07) is 0. The van der Waals surface area contributed by atoms with Gasteiger partial charge >= 0.3 is 0 Å². The summed E-state index contributed by atoms with van der Waals surface area (Å²) in [4.78, 5) is 13.3. The summed E-state index contributed by atoms with van der Waals surface area (Å²) in [5.74, 6) is 2.05. The van der Waals surface area contributed by atoms with Gasteiger partial charge in [-0.3, -0.25) is 4.79 Å². The average Bonchev–Trinajstić information content (AvgIpc) is 3.10. The van der Waals surface area contributed by atoms with Crippen molar-refractivity contribution < 1.29 is 25.2 Å². The van der Waals surface area contributed by atoms with E-state index in [-0.39, 0.29) is 34.4 Å². The molecule has 0 spiro atoms. The third-order valence-corrected chi connectivity index (χ3v) is 11.7. The zero-order valence-electron chi connectivity index (χ0n) is 21.6. The van der Waals surface area contributed by atoms with Gasteiger partial charge in [-0.05, 0) is 90.8 Å². The van der Waals surface area contributed by atoms with Crippen molar-refractivity contribution in [2.45, 2.75) is 111 Å². The standard InChI is InChI=1S/C28H48O5/c1-14(2)15(3)25(32)26(33)16(4)18-7-8-19-17-11-22(29)21-12-23(30)24(31)13-28(21,6)20(17)9-10-27(18,19)5/h14-21,23-26,30-33H,7-13H2,1-6H3/t15?,16-,17-,18+,19-,20-,21-,23-,24+,25?,26?,27+,28+/m0/s1. The lowest BCUT2D eigenvalue weighted by atomic mass is 9.44. The van der Waals surface area contributed by atoms with Gasteiger partial charge in [-0.25, -0.2) is 0 Å². The molecule has 13 atom stereocenters. The van der Waals surface area contributed by atoms with Gasteiger partial charge in [-0.2, -0.15) is 0 Å². The molecule has 4 rings (SSSR count). The molecule has 4 fully saturated rings. The summed E-state index contributed by atoms with van der Waals surface area (Å²) in [5, 5.41) is 42.8. The van der Waals surface area contributed by atoms with Crippen LogP contribution in [0, 0.1) is 58.2 Å². The van der Waals surface area contributed by atoms with Crippen molar-refractivity contribution in [2.75, 3.05) is 0 Å². The highest BCUT2D eigenvalue weighted by Gasteiger charge is 2.63. The maximum Gasteiger partial charge on any atom is 0.136 e. The fourth-order valence-corrected chi connectivity index (χ4v) is 9.23. The topological polar surface area (TPSA) is 98.0 Å². The first-order valence-electron chi connectivity index (χ1n) is 13.6. The number of aliphatic hydroxyl groups is 4. The molecular weight excluding hydrogens is 416 g/mol. The number of rotatable bonds is 5. The molecule has 4 N–H and O–H groups in total. The summed E-state index contributed by atoms with van der Waals surface area (Å²) < 4.78 is 0. The Kier molecular flexibility index (Phi) is 6.88. The fraction of sp³-hybridized carbons (Fsp3) is 0.964. The molecule has 0 radical (unpaired) electrons. The molecule has 0 amide bonds. The Bertz CT molecular complexity index is 738. The predicted molar refractivity (Wildman–Crippen MR) is 128 cm³/mol. The summed E-state index contributed by atoms with van der Waals surface area (Å²) in [5.41, 5.74) is -0.162. The van der Waals surface area contributed by atoms with Gasteiger partial charge in [0.05, 0.1) is 24.4 Å². The molecule has 33 heavy (non-hydrogen) atoms. The first kappa shape index (κ1) is 25.6. The highest BCUT2D eigenvalue weighted by atomic mass is 16.3. The second-order valence-corrected chi connectivity index (χ2v) is 13.4. The normalized spacial score (nSPS) is 49.1. The van der Waals surface area contributed by atoms with Crippen LogP contribution in [-0.2, 0) is 4.79 Å². The molecule has 4 saturated carbocycles. The van der Waals surface area contributed by atoms with Crippen molar-refractivity contribution in [2.24, 2.45) is 58.2 Å². The summed E-state index contributed by atoms with van der Waals surface area (Å²) in [6.45, 7) is 12.9. The van der Waals surface area contributed by atoms with E-state index in [0.717, 1.165) is 25.7 Å². The Hall–Kier alpha value is -0.490. The Morgan fingerprint density at radius 3 is 2.15 bits per heavy atom. The molecule has 4 aliphatic rings. The van der Waals surface area contributed by atoms with Crippen molar-refractivity contribution in [3.05, 3.63) is 0 Å². The van der Waals surface area contributed by atoms with Crippen LogP contribution in [0.2, 0.25) is 0 Å². The van der Waals surface area contributed by atoms with Gasteiger partial charge in [0.2, 0.25) is 0 Å². The van der Waals surface area contributed by atoms with Crippen molar-refractivity contribution in [3.8, 4) is 0 Å². The molecule has 0 heterocycles. The molecule has 0 aliphatic heterocycles. The lowest BCUT2D eigenvalue weighted by molar-refractivity contribution is -0.175. The number of ketones is 1. The number of fused-ring (bicyclic) bond motifs is 5. The van der Waals surface area contributed by atoms with E-state index < -0.39 is 24.4 Å². The van der Waals surface area contributed by atoms with Crippen LogP contribution in [0.25, 0.3) is 0 Å². The summed E-state index contributed by atoms with van der Waals surface area (Å²) in [7, 11) is 0. The van der Waals surface area contributed by atoms with Crippen LogP contribution >= 0.6 is 0 Å². The second kappa shape index (κ2) is 8.87. The number of aliphatic hydroxyl groups excluding tert-OH is 4. The number of hydrogen-bond donors (Lipinski definition) is 4. The molecule has 0 bridgehead atoms. The van der Waals surface area contributed by atoms with Crippen LogP contribution in [0.4, 0.5) is 0 Å². The number of carbonyl (C=O) groups excluding carboxylic acids is 1. The van der Waals surface area contributed by atoms with Crippen molar-refractivity contribution in [1.82, 2.24) is 0 Å². The fourth-order valence-electron chi connectivity index (χ4n) is 9.23. The zero-order chi connectivity index (χ0) is 24.5. The van der Waals surface area contributed by atoms with Gasteiger partial charge in [0.1, 0.15) is 5.78 Å². The Balaban J connectivity index is 1.56. The summed E-state index contributed by atoms with van der Waals surface area (Å²) >= 11 is 0. The average molecular weight is 465 g/mol. The van der Waals surface area contributed by atoms with Gasteiger partial charge in [-0.1, -0.05) is 41.5 Å². The van der Waals surface area contributed by atoms with E-state index in [1.165, 1.54) is 0 Å². The first-order chi connectivity index (χ1) is 15.3. The van der Waals surface area contributed by atoms with Crippen LogP contribution in [0.3, 0.4) is 0 Å². The highest BCUT2D eigenvalue weighted by Crippen LogP contribution is 2.67. The van der Waals surface area contributed by atoms with E-state index >= 15 is 0 Å². The lowest BCUT2D eigenvalue weighted by Crippen LogP contribution is -2.59. The quantitative estimate of drug-likeness (QED) is 0.496. The lowest BCUT2D eigenvalue weighted by Gasteiger charge is -2.61. The minimum absolute atomic E-state index is 0.0158. The maximum absolute atomic E-state index is 13.3. The monoisotopic (exact) mass is 464 g/mol. The Labute approximate surface area is 200 Å². The molecule has 5 nitrogen and oxygen atoms in total. The third kappa shape index (κ3) is 3.93. The van der Waals surface area contributed by atoms with E-state index in [1.807, 2.05) is 6.92 Å². The Morgan fingerprint density at radius 2 is 1.52 bits per heavy atom. The SMILES string of the molecule is CC(C)C(C)C(O)C(O)[C@@H](C)[C@H]1CC[C@H]2[C@@H]3CC(=O)[C@@H]4C[C@H](O)[C@H](O)C[C@]4(C)[C@H]3CC[C@]12C. The molecule has 0 aromatic carbocycles. The van der Waals surface area contributed by atoms with Crippen molar-refractivity contribution in [1.29, 1.82) is 0 Å². The van der Waals surface area contributed by atoms with Gasteiger partial charge in [0, 0.05) is 12.3 Å². The molecule has 0 saturated heterocycles. The van der Waals surface area contributed by atoms with Crippen LogP contribution in [0.1, 0.15) is 86.5 Å². The van der Waals surface area contributed by atoms with Crippen molar-refractivity contribution >= 4 is 5.78 Å². The molecular formula is C28H48O5. The van der Waals surface area contributed by atoms with E-state index in [0.29, 0.717) is 48.9 Å². The van der Waals surface area contributed by atoms with Crippen LogP contribution in [-0.4, -0.2) is 50.6 Å². The molecule has 4 aliphatic carbocycles. The molecule has 0 aromatic rings. The van der Waals surface area contributed by atoms with Crippen LogP contribution in [0.15, 0.2) is 0 Å². The second-order valence-electron chi connectivity index (χ2n) is 13.4. The van der Waals surface area contributed by atoms with Crippen LogP contribution in [0.5, 0.6) is 0 Å². The number of Topliss-reactive ketones (excluding diaryl/α,β-unsaturated/α-hetero) is 1.